The zero-order valence-electron chi connectivity index (χ0n) is 21.6. The largest absolute Gasteiger partial charge is 0.479 e. The number of carboxylic acid groups (broad SMARTS) is 1. The molecule has 0 aromatic carbocycles. The molecule has 1 heterocycles. The fraction of sp³-hybridized carbons (Fsp3) is 0.944. The van der Waals surface area contributed by atoms with Crippen molar-refractivity contribution in [1.29, 1.82) is 0 Å². The minimum Gasteiger partial charge on any atom is -0.479 e. The zero-order chi connectivity index (χ0) is 37.1. The van der Waals surface area contributed by atoms with Crippen molar-refractivity contribution in [2.24, 2.45) is 0 Å². The summed E-state index contributed by atoms with van der Waals surface area (Å²) in [6.07, 6.45) is -20.0. The Balaban J connectivity index is 3.46. The second kappa shape index (κ2) is 12.5. The SMILES string of the molecule is CCN(CCO[C@@H]1O[C@H](C(=O)O)[C@@H](O)[C@H](O)[C@H]1O)S(=O)(=O)C(F)(F)C(F)(F)C(F)(F)C(F)(F)C(F)(F)C(F)(F)C(F)(F)C(F)(F)F. The van der Waals surface area contributed by atoms with Crippen LogP contribution in [0.25, 0.3) is 0 Å². The molecule has 0 saturated carbocycles. The van der Waals surface area contributed by atoms with E-state index in [-0.39, 0.29) is 0 Å². The average molecular weight is 747 g/mol. The summed E-state index contributed by atoms with van der Waals surface area (Å²) in [6, 6.07) is 0. The maximum Gasteiger partial charge on any atom is 0.460 e. The van der Waals surface area contributed by atoms with Crippen molar-refractivity contribution in [2.75, 3.05) is 19.7 Å². The van der Waals surface area contributed by atoms with Crippen molar-refractivity contribution >= 4 is 16.0 Å². The second-order valence-corrected chi connectivity index (χ2v) is 11.0. The van der Waals surface area contributed by atoms with Crippen LogP contribution in [-0.4, -0.2) is 136 Å². The van der Waals surface area contributed by atoms with Crippen LogP contribution in [0.5, 0.6) is 0 Å². The minimum absolute atomic E-state index is 0.416. The number of hydrogen-bond donors (Lipinski definition) is 4. The fourth-order valence-corrected chi connectivity index (χ4v) is 4.81. The van der Waals surface area contributed by atoms with E-state index >= 15 is 0 Å². The summed E-state index contributed by atoms with van der Waals surface area (Å²) in [7, 11) is -7.64. The fourth-order valence-electron chi connectivity index (χ4n) is 3.38. The van der Waals surface area contributed by atoms with E-state index in [2.05, 4.69) is 9.47 Å². The van der Waals surface area contributed by atoms with Crippen LogP contribution in [0, 0.1) is 0 Å². The van der Waals surface area contributed by atoms with Crippen LogP contribution in [0.4, 0.5) is 74.6 Å². The Bertz CT molecular complexity index is 1210. The lowest BCUT2D eigenvalue weighted by Gasteiger charge is -2.43. The number of rotatable bonds is 14. The Labute approximate surface area is 243 Å². The molecule has 1 fully saturated rings. The first-order valence-electron chi connectivity index (χ1n) is 11.3. The molecule has 0 aromatic heterocycles. The van der Waals surface area contributed by atoms with Gasteiger partial charge >= 0.3 is 52.9 Å². The number of halogens is 17. The quantitative estimate of drug-likeness (QED) is 0.197. The number of aliphatic carboxylic acids is 1. The van der Waals surface area contributed by atoms with Crippen LogP contribution in [0.3, 0.4) is 0 Å². The van der Waals surface area contributed by atoms with Crippen LogP contribution < -0.4 is 0 Å². The first-order chi connectivity index (χ1) is 20.1. The van der Waals surface area contributed by atoms with Gasteiger partial charge in [-0.2, -0.15) is 78.9 Å². The first kappa shape index (κ1) is 42.0. The summed E-state index contributed by atoms with van der Waals surface area (Å²) in [5, 5.41) is 29.9. The molecule has 0 aromatic rings. The predicted octanol–water partition coefficient (Wildman–Crippen LogP) is 2.51. The van der Waals surface area contributed by atoms with E-state index in [1.807, 2.05) is 0 Å². The summed E-state index contributed by atoms with van der Waals surface area (Å²) >= 11 is 0. The highest BCUT2D eigenvalue weighted by Gasteiger charge is 2.96. The van der Waals surface area contributed by atoms with Crippen molar-refractivity contribution in [2.45, 2.75) is 84.6 Å². The highest BCUT2D eigenvalue weighted by molar-refractivity contribution is 7.90. The summed E-state index contributed by atoms with van der Waals surface area (Å²) in [6.45, 7) is -4.56. The van der Waals surface area contributed by atoms with Crippen molar-refractivity contribution < 1.29 is 118 Å². The van der Waals surface area contributed by atoms with Gasteiger partial charge in [0.2, 0.25) is 0 Å². The smallest absolute Gasteiger partial charge is 0.460 e. The van der Waals surface area contributed by atoms with Crippen LogP contribution in [0.1, 0.15) is 6.92 Å². The van der Waals surface area contributed by atoms with E-state index in [1.54, 1.807) is 0 Å². The molecule has 1 aliphatic heterocycles. The number of aliphatic hydroxyl groups excluding tert-OH is 3. The first-order valence-corrected chi connectivity index (χ1v) is 12.8. The van der Waals surface area contributed by atoms with Gasteiger partial charge in [-0.25, -0.2) is 13.2 Å². The van der Waals surface area contributed by atoms with Gasteiger partial charge in [-0.15, -0.1) is 0 Å². The van der Waals surface area contributed by atoms with Crippen molar-refractivity contribution in [3.05, 3.63) is 0 Å². The van der Waals surface area contributed by atoms with E-state index in [0.717, 1.165) is 0 Å². The lowest BCUT2D eigenvalue weighted by Crippen LogP contribution is -2.75. The molecular weight excluding hydrogens is 729 g/mol. The van der Waals surface area contributed by atoms with Crippen molar-refractivity contribution in [3.63, 3.8) is 0 Å². The number of carbonyl (C=O) groups is 1. The van der Waals surface area contributed by atoms with Crippen molar-refractivity contribution in [1.82, 2.24) is 4.31 Å². The molecule has 1 rings (SSSR count). The van der Waals surface area contributed by atoms with Gasteiger partial charge < -0.3 is 29.9 Å². The minimum atomic E-state index is -9.00. The Morgan fingerprint density at radius 1 is 0.696 bits per heavy atom. The third-order valence-corrected chi connectivity index (χ3v) is 8.17. The number of aliphatic hydroxyl groups is 3. The standard InChI is InChI=1S/C18H18F17NO9S/c1-2-36(3-4-44-10-7(39)5(37)6(38)8(45-10)9(40)41)46(42,43)18(34,35)16(29,30)14(25,26)12(21,22)11(19,20)13(23,24)15(27,28)17(31,32)33/h5-8,10,37-39H,2-4H2,1H3,(H,40,41)/t5-,6-,7+,8-,10+/m0/s1. The van der Waals surface area contributed by atoms with Gasteiger partial charge in [-0.05, 0) is 0 Å². The van der Waals surface area contributed by atoms with Gasteiger partial charge in [0.25, 0.3) is 10.0 Å². The molecule has 274 valence electrons. The van der Waals surface area contributed by atoms with E-state index in [9.17, 15) is 103 Å². The van der Waals surface area contributed by atoms with E-state index in [4.69, 9.17) is 5.11 Å². The topological polar surface area (TPSA) is 154 Å². The number of ether oxygens (including phenoxy) is 2. The monoisotopic (exact) mass is 747 g/mol. The Hall–Kier alpha value is -2.01. The number of sulfonamides is 1. The van der Waals surface area contributed by atoms with Gasteiger partial charge in [0, 0.05) is 13.1 Å². The molecular formula is C18H18F17NO9S. The maximum absolute atomic E-state index is 14.4. The molecule has 46 heavy (non-hydrogen) atoms. The average Bonchev–Trinajstić information content (AvgIpc) is 2.88. The Morgan fingerprint density at radius 3 is 1.46 bits per heavy atom. The Morgan fingerprint density at radius 2 is 1.09 bits per heavy atom. The number of hydrogen-bond acceptors (Lipinski definition) is 8. The molecule has 4 N–H and O–H groups in total. The molecule has 0 aliphatic carbocycles. The molecule has 0 bridgehead atoms. The van der Waals surface area contributed by atoms with Crippen LogP contribution in [-0.2, 0) is 24.3 Å². The van der Waals surface area contributed by atoms with Gasteiger partial charge in [-0.1, -0.05) is 6.92 Å². The van der Waals surface area contributed by atoms with Gasteiger partial charge in [0.05, 0.1) is 6.61 Å². The molecule has 5 atom stereocenters. The van der Waals surface area contributed by atoms with Gasteiger partial charge in [0.15, 0.2) is 12.4 Å². The number of alkyl halides is 17. The molecule has 10 nitrogen and oxygen atoms in total. The summed E-state index contributed by atoms with van der Waals surface area (Å²) in [5.74, 6) is -54.6. The van der Waals surface area contributed by atoms with Crippen molar-refractivity contribution in [3.8, 4) is 0 Å². The maximum atomic E-state index is 14.4. The number of carboxylic acids is 1. The number of likely N-dealkylation sites (N-methyl/N-ethyl adjacent to an activating group) is 1. The molecule has 0 unspecified atom stereocenters. The van der Waals surface area contributed by atoms with Crippen LogP contribution in [0.15, 0.2) is 0 Å². The normalized spacial score (nSPS) is 25.2. The molecule has 1 saturated heterocycles. The molecule has 28 heteroatoms. The Kier molecular flexibility index (Phi) is 11.4. The van der Waals surface area contributed by atoms with E-state index < -0.39 is 118 Å². The van der Waals surface area contributed by atoms with E-state index in [0.29, 0.717) is 6.92 Å². The number of nitrogens with zero attached hydrogens (tertiary/aromatic N) is 1. The molecule has 0 amide bonds. The highest BCUT2D eigenvalue weighted by atomic mass is 32.2. The summed E-state index contributed by atoms with van der Waals surface area (Å²) < 4.78 is 262. The molecule has 1 aliphatic rings. The molecule has 0 spiro atoms. The second-order valence-electron chi connectivity index (χ2n) is 9.06. The third-order valence-electron chi connectivity index (χ3n) is 6.15. The summed E-state index contributed by atoms with van der Waals surface area (Å²) in [5.41, 5.74) is 0. The van der Waals surface area contributed by atoms with Crippen LogP contribution in [0.2, 0.25) is 0 Å². The lowest BCUT2D eigenvalue weighted by molar-refractivity contribution is -0.458. The van der Waals surface area contributed by atoms with E-state index in [1.165, 1.54) is 0 Å². The van der Waals surface area contributed by atoms with Gasteiger partial charge in [0.1, 0.15) is 18.3 Å². The molecule has 0 radical (unpaired) electrons. The third kappa shape index (κ3) is 6.05. The highest BCUT2D eigenvalue weighted by Crippen LogP contribution is 2.64. The lowest BCUT2D eigenvalue weighted by atomic mass is 9.91. The van der Waals surface area contributed by atoms with Crippen LogP contribution >= 0.6 is 0 Å². The predicted molar refractivity (Wildman–Crippen MR) is 107 cm³/mol. The zero-order valence-corrected chi connectivity index (χ0v) is 22.4. The van der Waals surface area contributed by atoms with Gasteiger partial charge in [-0.3, -0.25) is 0 Å². The summed E-state index contributed by atoms with van der Waals surface area (Å²) in [4.78, 5) is 11.0.